The fraction of sp³-hybridized carbons (Fsp3) is 0.439. The maximum atomic E-state index is 14.8. The van der Waals surface area contributed by atoms with Crippen molar-refractivity contribution < 1.29 is 42.9 Å². The highest BCUT2D eigenvalue weighted by Gasteiger charge is 2.63. The van der Waals surface area contributed by atoms with Gasteiger partial charge in [0.2, 0.25) is 12.6 Å². The number of ketones is 2. The summed E-state index contributed by atoms with van der Waals surface area (Å²) in [5.41, 5.74) is 4.14. The molecule has 1 aliphatic carbocycles. The largest absolute Gasteiger partial charge is 0.492 e. The first-order valence-electron chi connectivity index (χ1n) is 18.8. The van der Waals surface area contributed by atoms with Gasteiger partial charge in [-0.05, 0) is 45.4 Å². The zero-order chi connectivity index (χ0) is 38.9. The molecule has 2 N–H and O–H groups in total. The molecule has 3 aromatic rings. The number of Topliss-reactive ketones (excluding diaryl/α,β-unsaturated/α-hetero) is 2. The number of nitrogens with zero attached hydrogens (tertiary/aromatic N) is 3. The van der Waals surface area contributed by atoms with E-state index in [2.05, 4.69) is 26.2 Å². The Balaban J connectivity index is 1.25. The number of rotatable bonds is 2. The second-order valence-corrected chi connectivity index (χ2v) is 16.6. The van der Waals surface area contributed by atoms with Crippen LogP contribution in [-0.2, 0) is 40.6 Å². The lowest BCUT2D eigenvalue weighted by Gasteiger charge is -2.62. The van der Waals surface area contributed by atoms with Gasteiger partial charge in [0.25, 0.3) is 0 Å². The third kappa shape index (κ3) is 4.49. The molecule has 2 aromatic carbocycles. The highest BCUT2D eigenvalue weighted by Crippen LogP contribution is 2.63. The van der Waals surface area contributed by atoms with Gasteiger partial charge in [-0.25, -0.2) is 4.79 Å². The average Bonchev–Trinajstić information content (AvgIpc) is 3.83. The molecule has 14 nitrogen and oxygen atoms in total. The molecule has 1 unspecified atom stereocenters. The zero-order valence-corrected chi connectivity index (χ0v) is 32.3. The minimum atomic E-state index is -1.30. The number of thioether (sulfide) groups is 1. The minimum Gasteiger partial charge on any atom is -0.492 e. The number of fused-ring (bicyclic) bond motifs is 10. The van der Waals surface area contributed by atoms with Gasteiger partial charge in [-0.2, -0.15) is 5.26 Å². The number of likely N-dealkylation sites (N-methyl/N-ethyl adjacent to an activating group) is 1. The van der Waals surface area contributed by atoms with E-state index in [4.69, 9.17) is 23.7 Å². The lowest BCUT2D eigenvalue weighted by molar-refractivity contribution is -0.157. The molecule has 56 heavy (non-hydrogen) atoms. The molecule has 0 amide bonds. The van der Waals surface area contributed by atoms with Gasteiger partial charge in [0, 0.05) is 75.6 Å². The molecule has 11 rings (SSSR count). The fourth-order valence-electron chi connectivity index (χ4n) is 10.6. The van der Waals surface area contributed by atoms with Gasteiger partial charge in [0.1, 0.15) is 18.4 Å². The lowest BCUT2D eigenvalue weighted by Crippen LogP contribution is -2.73. The van der Waals surface area contributed by atoms with Gasteiger partial charge in [-0.3, -0.25) is 29.5 Å². The first-order valence-corrected chi connectivity index (χ1v) is 19.8. The smallest absolute Gasteiger partial charge is 0.333 e. The third-order valence-corrected chi connectivity index (χ3v) is 14.4. The molecule has 15 heteroatoms. The molecule has 2 fully saturated rings. The van der Waals surface area contributed by atoms with Crippen molar-refractivity contribution in [2.24, 2.45) is 0 Å². The number of aromatic amines is 1. The van der Waals surface area contributed by atoms with E-state index in [1.165, 1.54) is 25.8 Å². The van der Waals surface area contributed by atoms with Crippen LogP contribution in [0.2, 0.25) is 0 Å². The predicted octanol–water partition coefficient (Wildman–Crippen LogP) is 3.58. The van der Waals surface area contributed by atoms with Crippen LogP contribution in [0.3, 0.4) is 0 Å². The Morgan fingerprint density at radius 3 is 2.64 bits per heavy atom. The summed E-state index contributed by atoms with van der Waals surface area (Å²) in [5, 5.41) is 15.1. The highest BCUT2D eigenvalue weighted by molar-refractivity contribution is 7.99. The molecule has 2 saturated heterocycles. The number of carbonyl (C=O) groups excluding carboxylic acids is 4. The Hall–Kier alpha value is -5.14. The number of esters is 2. The number of para-hydroxylation sites is 1. The van der Waals surface area contributed by atoms with Gasteiger partial charge in [0.15, 0.2) is 28.6 Å². The number of benzene rings is 2. The number of allylic oxidation sites excluding steroid dienone is 2. The average molecular weight is 778 g/mol. The minimum absolute atomic E-state index is 0.00178. The van der Waals surface area contributed by atoms with Crippen molar-refractivity contribution in [1.82, 2.24) is 20.1 Å². The van der Waals surface area contributed by atoms with Crippen LogP contribution in [-0.4, -0.2) is 102 Å². The molecule has 1 aromatic heterocycles. The van der Waals surface area contributed by atoms with Crippen LogP contribution >= 0.6 is 11.8 Å². The van der Waals surface area contributed by atoms with E-state index < -0.39 is 52.9 Å². The van der Waals surface area contributed by atoms with Gasteiger partial charge in [0.05, 0.1) is 36.2 Å². The van der Waals surface area contributed by atoms with Crippen LogP contribution < -0.4 is 19.5 Å². The molecule has 7 aliphatic heterocycles. The van der Waals surface area contributed by atoms with Gasteiger partial charge in [-0.15, -0.1) is 11.8 Å². The first kappa shape index (κ1) is 35.3. The number of hydrogen-bond acceptors (Lipinski definition) is 14. The maximum absolute atomic E-state index is 14.8. The normalized spacial score (nSPS) is 30.8. The third-order valence-electron chi connectivity index (χ3n) is 12.9. The van der Waals surface area contributed by atoms with Gasteiger partial charge < -0.3 is 28.7 Å². The van der Waals surface area contributed by atoms with E-state index in [0.29, 0.717) is 58.1 Å². The monoisotopic (exact) mass is 777 g/mol. The quantitative estimate of drug-likeness (QED) is 0.220. The van der Waals surface area contributed by atoms with E-state index >= 15 is 0 Å². The molecule has 0 radical (unpaired) electrons. The number of aromatic nitrogens is 1. The molecule has 8 heterocycles. The molecule has 1 spiro atoms. The summed E-state index contributed by atoms with van der Waals surface area (Å²) in [6.45, 7) is 4.99. The number of ether oxygens (including phenoxy) is 5. The van der Waals surface area contributed by atoms with E-state index in [-0.39, 0.29) is 48.5 Å². The molecule has 4 bridgehead atoms. The van der Waals surface area contributed by atoms with Crippen LogP contribution in [0.25, 0.3) is 10.9 Å². The number of carbonyl (C=O) groups is 4. The maximum Gasteiger partial charge on any atom is 0.333 e. The first-order chi connectivity index (χ1) is 27.0. The standard InChI is InChI=1S/C41H39N5O9S/c1-17-32(48)22-12-24-25(13-42)46-26-14-52-40(50)41(39-21(10-11-43-41)20-8-6-7-9-23(20)44-39)15-56-38(31(46)30(45(24)4)27(22)33(49)35(17)51-5)29-28(26)37-36(53-16-54-37)18(2)34(29)55-19(3)47/h6-9,24-26,30-31,38,43-44H,10-12,14-16H2,1-5H3/t24-,25-,26-,30+,31?,38+,41+/m0/s1. The Morgan fingerprint density at radius 2 is 1.88 bits per heavy atom. The Kier molecular flexibility index (Phi) is 7.83. The van der Waals surface area contributed by atoms with Crippen LogP contribution in [0.1, 0.15) is 59.5 Å². The van der Waals surface area contributed by atoms with Gasteiger partial charge >= 0.3 is 11.9 Å². The molecule has 7 atom stereocenters. The summed E-state index contributed by atoms with van der Waals surface area (Å²) < 4.78 is 30.4. The topological polar surface area (TPSA) is 173 Å². The van der Waals surface area contributed by atoms with Crippen molar-refractivity contribution >= 4 is 46.2 Å². The summed E-state index contributed by atoms with van der Waals surface area (Å²) in [6, 6.07) is 7.05. The number of H-pyrrole nitrogens is 1. The second kappa shape index (κ2) is 12.4. The summed E-state index contributed by atoms with van der Waals surface area (Å²) >= 11 is 1.46. The summed E-state index contributed by atoms with van der Waals surface area (Å²) in [5.74, 6) is -0.337. The summed E-state index contributed by atoms with van der Waals surface area (Å²) in [7, 11) is 3.29. The SMILES string of the molecule is COC1=C(C)C(=O)C2=C(C1=O)[C@@H]1C3[C@@H]4SC[C@]5(NCCc6c5[nH]c5ccccc65)C(=O)OC[C@@H](c5c6c(c(C)c(OC(C)=O)c54)OCO6)N3[C@@H](C#N)[C@H](C2)N1C. The highest BCUT2D eigenvalue weighted by atomic mass is 32.2. The van der Waals surface area contributed by atoms with E-state index in [1.807, 2.05) is 38.2 Å². The predicted molar refractivity (Wildman–Crippen MR) is 201 cm³/mol. The van der Waals surface area contributed by atoms with Crippen molar-refractivity contribution in [2.75, 3.05) is 39.9 Å². The molecular weight excluding hydrogens is 739 g/mol. The van der Waals surface area contributed by atoms with Crippen molar-refractivity contribution in [3.05, 3.63) is 74.7 Å². The van der Waals surface area contributed by atoms with Crippen molar-refractivity contribution in [2.45, 2.75) is 74.6 Å². The fourth-order valence-corrected chi connectivity index (χ4v) is 12.3. The van der Waals surface area contributed by atoms with Crippen molar-refractivity contribution in [1.29, 1.82) is 5.26 Å². The van der Waals surface area contributed by atoms with Crippen molar-refractivity contribution in [3.8, 4) is 23.3 Å². The second-order valence-electron chi connectivity index (χ2n) is 15.5. The van der Waals surface area contributed by atoms with Gasteiger partial charge in [-0.1, -0.05) is 18.2 Å². The Morgan fingerprint density at radius 1 is 1.09 bits per heavy atom. The number of nitrogens with one attached hydrogen (secondary N) is 2. The summed E-state index contributed by atoms with van der Waals surface area (Å²) in [4.78, 5) is 64.1. The van der Waals surface area contributed by atoms with Crippen LogP contribution in [0.15, 0.2) is 46.7 Å². The number of methoxy groups -OCH3 is 1. The van der Waals surface area contributed by atoms with E-state index in [1.54, 1.807) is 6.92 Å². The van der Waals surface area contributed by atoms with Crippen LogP contribution in [0.4, 0.5) is 0 Å². The van der Waals surface area contributed by atoms with E-state index in [9.17, 15) is 24.4 Å². The zero-order valence-electron chi connectivity index (χ0n) is 31.4. The van der Waals surface area contributed by atoms with Crippen molar-refractivity contribution in [3.63, 3.8) is 0 Å². The van der Waals surface area contributed by atoms with Crippen LogP contribution in [0, 0.1) is 18.3 Å². The number of piperazine rings is 1. The van der Waals surface area contributed by atoms with E-state index in [0.717, 1.165) is 22.2 Å². The molecule has 288 valence electrons. The lowest BCUT2D eigenvalue weighted by atomic mass is 9.68. The van der Waals surface area contributed by atoms with Crippen LogP contribution in [0.5, 0.6) is 17.2 Å². The molecule has 0 saturated carbocycles. The molecule has 8 aliphatic rings. The molecular formula is C41H39N5O9S. The Bertz CT molecular complexity index is 2450. The number of hydrogen-bond donors (Lipinski definition) is 2. The Labute approximate surface area is 326 Å². The summed E-state index contributed by atoms with van der Waals surface area (Å²) in [6.07, 6.45) is 0.865. The number of nitriles is 1.